The van der Waals surface area contributed by atoms with Gasteiger partial charge < -0.3 is 14.2 Å². The van der Waals surface area contributed by atoms with Crippen LogP contribution in [0.3, 0.4) is 0 Å². The molecule has 0 aromatic heterocycles. The Bertz CT molecular complexity index is 374. The molecule has 0 fully saturated rings. The standard InChI is InChI=1S/C13H18O3/c1-4-10-6-5-9-7-12(14-2)13(15-3)8-11(9)16-10/h7-8,10H,4-6H2,1-3H3. The highest BCUT2D eigenvalue weighted by Gasteiger charge is 2.20. The van der Waals surface area contributed by atoms with Crippen LogP contribution in [0.15, 0.2) is 12.1 Å². The number of hydrogen-bond acceptors (Lipinski definition) is 3. The molecular formula is C13H18O3. The van der Waals surface area contributed by atoms with Crippen molar-refractivity contribution < 1.29 is 14.2 Å². The number of rotatable bonds is 3. The SMILES string of the molecule is CCC1CCc2cc(OC)c(OC)cc2O1. The van der Waals surface area contributed by atoms with E-state index in [4.69, 9.17) is 14.2 Å². The third-order valence-corrected chi connectivity index (χ3v) is 3.05. The Morgan fingerprint density at radius 1 is 1.25 bits per heavy atom. The van der Waals surface area contributed by atoms with Gasteiger partial charge in [0, 0.05) is 6.07 Å². The predicted molar refractivity (Wildman–Crippen MR) is 62.6 cm³/mol. The molecule has 0 bridgehead atoms. The van der Waals surface area contributed by atoms with E-state index in [0.717, 1.165) is 36.5 Å². The highest BCUT2D eigenvalue weighted by molar-refractivity contribution is 5.51. The second-order valence-corrected chi connectivity index (χ2v) is 4.00. The molecule has 0 amide bonds. The smallest absolute Gasteiger partial charge is 0.164 e. The number of hydrogen-bond donors (Lipinski definition) is 0. The summed E-state index contributed by atoms with van der Waals surface area (Å²) in [6.07, 6.45) is 3.52. The summed E-state index contributed by atoms with van der Waals surface area (Å²) in [6, 6.07) is 3.94. The van der Waals surface area contributed by atoms with Crippen molar-refractivity contribution in [1.82, 2.24) is 0 Å². The number of benzene rings is 1. The molecule has 0 spiro atoms. The average molecular weight is 222 g/mol. The van der Waals surface area contributed by atoms with Crippen molar-refractivity contribution in [2.75, 3.05) is 14.2 Å². The van der Waals surface area contributed by atoms with E-state index in [1.807, 2.05) is 12.1 Å². The molecular weight excluding hydrogens is 204 g/mol. The molecule has 1 atom stereocenters. The van der Waals surface area contributed by atoms with E-state index < -0.39 is 0 Å². The fourth-order valence-electron chi connectivity index (χ4n) is 2.05. The highest BCUT2D eigenvalue weighted by Crippen LogP contribution is 2.38. The van der Waals surface area contributed by atoms with Crippen LogP contribution in [-0.4, -0.2) is 20.3 Å². The maximum atomic E-state index is 5.89. The Morgan fingerprint density at radius 2 is 1.94 bits per heavy atom. The summed E-state index contributed by atoms with van der Waals surface area (Å²) in [4.78, 5) is 0. The van der Waals surface area contributed by atoms with E-state index in [9.17, 15) is 0 Å². The predicted octanol–water partition coefficient (Wildman–Crippen LogP) is 2.81. The van der Waals surface area contributed by atoms with Crippen molar-refractivity contribution in [3.8, 4) is 17.2 Å². The first-order chi connectivity index (χ1) is 7.78. The zero-order chi connectivity index (χ0) is 11.5. The fraction of sp³-hybridized carbons (Fsp3) is 0.538. The molecule has 3 heteroatoms. The lowest BCUT2D eigenvalue weighted by atomic mass is 10.0. The zero-order valence-corrected chi connectivity index (χ0v) is 10.1. The van der Waals surface area contributed by atoms with Crippen LogP contribution in [0.4, 0.5) is 0 Å². The summed E-state index contributed by atoms with van der Waals surface area (Å²) in [5.74, 6) is 2.45. The molecule has 3 nitrogen and oxygen atoms in total. The minimum Gasteiger partial charge on any atom is -0.493 e. The summed E-state index contributed by atoms with van der Waals surface area (Å²) in [5.41, 5.74) is 1.21. The Kier molecular flexibility index (Phi) is 3.22. The maximum Gasteiger partial charge on any atom is 0.164 e. The van der Waals surface area contributed by atoms with Gasteiger partial charge in [-0.3, -0.25) is 0 Å². The topological polar surface area (TPSA) is 27.7 Å². The van der Waals surface area contributed by atoms with E-state index >= 15 is 0 Å². The van der Waals surface area contributed by atoms with Crippen LogP contribution in [0.25, 0.3) is 0 Å². The summed E-state index contributed by atoms with van der Waals surface area (Å²) in [6.45, 7) is 2.15. The third kappa shape index (κ3) is 1.94. The van der Waals surface area contributed by atoms with Gasteiger partial charge in [-0.2, -0.15) is 0 Å². The van der Waals surface area contributed by atoms with Crippen molar-refractivity contribution in [1.29, 1.82) is 0 Å². The summed E-state index contributed by atoms with van der Waals surface area (Å²) >= 11 is 0. The van der Waals surface area contributed by atoms with Gasteiger partial charge in [0.05, 0.1) is 20.3 Å². The largest absolute Gasteiger partial charge is 0.493 e. The second kappa shape index (κ2) is 4.64. The zero-order valence-electron chi connectivity index (χ0n) is 10.1. The minimum atomic E-state index is 0.339. The Labute approximate surface area is 96.3 Å². The highest BCUT2D eigenvalue weighted by atomic mass is 16.5. The summed E-state index contributed by atoms with van der Waals surface area (Å²) < 4.78 is 16.4. The van der Waals surface area contributed by atoms with Crippen LogP contribution in [-0.2, 0) is 6.42 Å². The first kappa shape index (κ1) is 11.1. The Balaban J connectivity index is 2.34. The molecule has 0 N–H and O–H groups in total. The van der Waals surface area contributed by atoms with Gasteiger partial charge in [-0.05, 0) is 30.9 Å². The Morgan fingerprint density at radius 3 is 2.56 bits per heavy atom. The van der Waals surface area contributed by atoms with E-state index in [2.05, 4.69) is 6.92 Å². The van der Waals surface area contributed by atoms with E-state index in [0.29, 0.717) is 6.10 Å². The molecule has 0 saturated carbocycles. The van der Waals surface area contributed by atoms with Gasteiger partial charge >= 0.3 is 0 Å². The molecule has 0 saturated heterocycles. The number of methoxy groups -OCH3 is 2. The lowest BCUT2D eigenvalue weighted by molar-refractivity contribution is 0.168. The minimum absolute atomic E-state index is 0.339. The van der Waals surface area contributed by atoms with Crippen molar-refractivity contribution >= 4 is 0 Å². The fourth-order valence-corrected chi connectivity index (χ4v) is 2.05. The molecule has 1 aliphatic heterocycles. The van der Waals surface area contributed by atoms with Crippen LogP contribution in [0.1, 0.15) is 25.3 Å². The van der Waals surface area contributed by atoms with Crippen LogP contribution < -0.4 is 14.2 Å². The van der Waals surface area contributed by atoms with Crippen molar-refractivity contribution in [2.45, 2.75) is 32.3 Å². The Hall–Kier alpha value is -1.38. The van der Waals surface area contributed by atoms with Gasteiger partial charge in [-0.1, -0.05) is 6.92 Å². The average Bonchev–Trinajstić information content (AvgIpc) is 2.36. The number of aryl methyl sites for hydroxylation is 1. The van der Waals surface area contributed by atoms with E-state index in [1.54, 1.807) is 14.2 Å². The normalized spacial score (nSPS) is 18.6. The number of ether oxygens (including phenoxy) is 3. The van der Waals surface area contributed by atoms with Crippen molar-refractivity contribution in [3.05, 3.63) is 17.7 Å². The lowest BCUT2D eigenvalue weighted by Crippen LogP contribution is -2.21. The molecule has 2 rings (SSSR count). The first-order valence-electron chi connectivity index (χ1n) is 5.70. The van der Waals surface area contributed by atoms with Crippen molar-refractivity contribution in [2.24, 2.45) is 0 Å². The van der Waals surface area contributed by atoms with Gasteiger partial charge in [0.25, 0.3) is 0 Å². The van der Waals surface area contributed by atoms with Gasteiger partial charge in [0.15, 0.2) is 11.5 Å². The van der Waals surface area contributed by atoms with Gasteiger partial charge in [-0.25, -0.2) is 0 Å². The monoisotopic (exact) mass is 222 g/mol. The third-order valence-electron chi connectivity index (χ3n) is 3.05. The molecule has 0 radical (unpaired) electrons. The maximum absolute atomic E-state index is 5.89. The van der Waals surface area contributed by atoms with Gasteiger partial charge in [0.2, 0.25) is 0 Å². The molecule has 1 heterocycles. The molecule has 16 heavy (non-hydrogen) atoms. The lowest BCUT2D eigenvalue weighted by Gasteiger charge is -2.26. The van der Waals surface area contributed by atoms with Crippen molar-refractivity contribution in [3.63, 3.8) is 0 Å². The van der Waals surface area contributed by atoms with Crippen LogP contribution >= 0.6 is 0 Å². The van der Waals surface area contributed by atoms with Gasteiger partial charge in [0.1, 0.15) is 5.75 Å². The molecule has 1 aliphatic rings. The molecule has 1 aromatic rings. The molecule has 88 valence electrons. The molecule has 0 aliphatic carbocycles. The summed E-state index contributed by atoms with van der Waals surface area (Å²) in [5, 5.41) is 0. The van der Waals surface area contributed by atoms with Crippen LogP contribution in [0.2, 0.25) is 0 Å². The molecule has 1 unspecified atom stereocenters. The van der Waals surface area contributed by atoms with Gasteiger partial charge in [-0.15, -0.1) is 0 Å². The van der Waals surface area contributed by atoms with E-state index in [-0.39, 0.29) is 0 Å². The van der Waals surface area contributed by atoms with Crippen LogP contribution in [0, 0.1) is 0 Å². The van der Waals surface area contributed by atoms with Crippen LogP contribution in [0.5, 0.6) is 17.2 Å². The second-order valence-electron chi connectivity index (χ2n) is 4.00. The quantitative estimate of drug-likeness (QED) is 0.787. The molecule has 1 aromatic carbocycles. The number of fused-ring (bicyclic) bond motifs is 1. The first-order valence-corrected chi connectivity index (χ1v) is 5.70. The van der Waals surface area contributed by atoms with E-state index in [1.165, 1.54) is 5.56 Å². The summed E-state index contributed by atoms with van der Waals surface area (Å²) in [7, 11) is 3.30.